The number of nitrogens with zero attached hydrogens (tertiary/aromatic N) is 1. The molecular weight excluding hydrogens is 396 g/mol. The van der Waals surface area contributed by atoms with E-state index in [1.165, 1.54) is 5.56 Å². The van der Waals surface area contributed by atoms with Gasteiger partial charge in [0.05, 0.1) is 26.2 Å². The maximum atomic E-state index is 6.02. The fourth-order valence-electron chi connectivity index (χ4n) is 2.86. The van der Waals surface area contributed by atoms with Gasteiger partial charge in [-0.1, -0.05) is 23.7 Å². The number of aromatic nitrogens is 1. The number of methoxy groups -OCH3 is 3. The molecule has 0 aliphatic rings. The first-order valence-corrected chi connectivity index (χ1v) is 10.0. The predicted octanol–water partition coefficient (Wildman–Crippen LogP) is 4.82. The van der Waals surface area contributed by atoms with Crippen molar-refractivity contribution in [2.45, 2.75) is 13.0 Å². The number of rotatable bonds is 9. The third-order valence-corrected chi connectivity index (χ3v) is 5.55. The lowest BCUT2D eigenvalue weighted by Gasteiger charge is -2.12. The zero-order valence-electron chi connectivity index (χ0n) is 16.1. The van der Waals surface area contributed by atoms with E-state index in [0.29, 0.717) is 18.0 Å². The summed E-state index contributed by atoms with van der Waals surface area (Å²) < 4.78 is 16.3. The highest BCUT2D eigenvalue weighted by Gasteiger charge is 2.15. The Morgan fingerprint density at radius 3 is 2.46 bits per heavy atom. The van der Waals surface area contributed by atoms with E-state index < -0.39 is 0 Å². The number of halogens is 1. The molecule has 2 aromatic carbocycles. The Hall–Kier alpha value is -2.28. The fourth-order valence-corrected chi connectivity index (χ4v) is 3.98. The predicted molar refractivity (Wildman–Crippen MR) is 114 cm³/mol. The second-order valence-corrected chi connectivity index (χ2v) is 7.63. The van der Waals surface area contributed by atoms with Gasteiger partial charge in [0.1, 0.15) is 10.8 Å². The standard InChI is InChI=1S/C21H23ClN2O3S/c1-25-17-11-19(27-3)18(26-2)10-16(17)20-12-24-21(28-20)13-23-8-7-14-5-4-6-15(22)9-14/h4-6,9-12,23H,7-8,13H2,1-3H3. The topological polar surface area (TPSA) is 52.6 Å². The second kappa shape index (κ2) is 9.78. The maximum Gasteiger partial charge on any atom is 0.164 e. The van der Waals surface area contributed by atoms with Gasteiger partial charge in [0, 0.05) is 29.4 Å². The Balaban J connectivity index is 1.65. The van der Waals surface area contributed by atoms with Crippen LogP contribution in [0.25, 0.3) is 10.4 Å². The molecule has 0 bridgehead atoms. The number of benzene rings is 2. The smallest absolute Gasteiger partial charge is 0.164 e. The van der Waals surface area contributed by atoms with Crippen molar-refractivity contribution in [1.29, 1.82) is 0 Å². The van der Waals surface area contributed by atoms with Gasteiger partial charge in [-0.15, -0.1) is 11.3 Å². The Bertz CT molecular complexity index is 930. The van der Waals surface area contributed by atoms with Crippen LogP contribution in [0.4, 0.5) is 0 Å². The van der Waals surface area contributed by atoms with Gasteiger partial charge in [0.25, 0.3) is 0 Å². The highest BCUT2D eigenvalue weighted by molar-refractivity contribution is 7.15. The first-order chi connectivity index (χ1) is 13.6. The Morgan fingerprint density at radius 1 is 1.00 bits per heavy atom. The first kappa shape index (κ1) is 20.5. The van der Waals surface area contributed by atoms with Gasteiger partial charge in [-0.25, -0.2) is 4.98 Å². The molecule has 0 unspecified atom stereocenters. The molecule has 3 aromatic rings. The first-order valence-electron chi connectivity index (χ1n) is 8.85. The molecular formula is C21H23ClN2O3S. The molecule has 5 nitrogen and oxygen atoms in total. The summed E-state index contributed by atoms with van der Waals surface area (Å²) >= 11 is 7.65. The Morgan fingerprint density at radius 2 is 1.75 bits per heavy atom. The minimum absolute atomic E-state index is 0.635. The van der Waals surface area contributed by atoms with E-state index in [2.05, 4.69) is 16.4 Å². The molecule has 0 atom stereocenters. The van der Waals surface area contributed by atoms with Crippen molar-refractivity contribution in [3.63, 3.8) is 0 Å². The summed E-state index contributed by atoms with van der Waals surface area (Å²) in [7, 11) is 4.87. The van der Waals surface area contributed by atoms with Crippen LogP contribution in [-0.4, -0.2) is 32.9 Å². The van der Waals surface area contributed by atoms with Crippen molar-refractivity contribution in [1.82, 2.24) is 10.3 Å². The fraction of sp³-hybridized carbons (Fsp3) is 0.286. The van der Waals surface area contributed by atoms with Crippen LogP contribution in [-0.2, 0) is 13.0 Å². The summed E-state index contributed by atoms with van der Waals surface area (Å²) in [5.41, 5.74) is 2.15. The zero-order chi connectivity index (χ0) is 19.9. The van der Waals surface area contributed by atoms with Crippen LogP contribution in [0.1, 0.15) is 10.6 Å². The third kappa shape index (κ3) is 4.95. The van der Waals surface area contributed by atoms with Gasteiger partial charge in [0.2, 0.25) is 0 Å². The maximum absolute atomic E-state index is 6.02. The number of ether oxygens (including phenoxy) is 3. The lowest BCUT2D eigenvalue weighted by atomic mass is 10.1. The monoisotopic (exact) mass is 418 g/mol. The van der Waals surface area contributed by atoms with Crippen LogP contribution in [0.2, 0.25) is 5.02 Å². The molecule has 0 saturated heterocycles. The molecule has 0 radical (unpaired) electrons. The molecule has 0 aliphatic heterocycles. The van der Waals surface area contributed by atoms with Crippen LogP contribution < -0.4 is 19.5 Å². The number of nitrogens with one attached hydrogen (secondary N) is 1. The van der Waals surface area contributed by atoms with Gasteiger partial charge >= 0.3 is 0 Å². The normalized spacial score (nSPS) is 10.7. The van der Waals surface area contributed by atoms with Crippen LogP contribution in [0, 0.1) is 0 Å². The van der Waals surface area contributed by atoms with Crippen molar-refractivity contribution >= 4 is 22.9 Å². The summed E-state index contributed by atoms with van der Waals surface area (Å²) in [6, 6.07) is 11.7. The second-order valence-electron chi connectivity index (χ2n) is 6.08. The average Bonchev–Trinajstić information content (AvgIpc) is 3.19. The molecule has 0 fully saturated rings. The SMILES string of the molecule is COc1cc(OC)c(-c2cnc(CNCCc3cccc(Cl)c3)s2)cc1OC. The van der Waals surface area contributed by atoms with E-state index in [4.69, 9.17) is 25.8 Å². The Kier molecular flexibility index (Phi) is 7.14. The van der Waals surface area contributed by atoms with Crippen LogP contribution in [0.15, 0.2) is 42.6 Å². The number of hydrogen-bond donors (Lipinski definition) is 1. The van der Waals surface area contributed by atoms with Crippen LogP contribution in [0.5, 0.6) is 17.2 Å². The van der Waals surface area contributed by atoms with Crippen molar-refractivity contribution < 1.29 is 14.2 Å². The van der Waals surface area contributed by atoms with E-state index in [9.17, 15) is 0 Å². The molecule has 1 N–H and O–H groups in total. The van der Waals surface area contributed by atoms with Crippen molar-refractivity contribution in [3.05, 3.63) is 58.2 Å². The van der Waals surface area contributed by atoms with Gasteiger partial charge in [-0.3, -0.25) is 0 Å². The molecule has 148 valence electrons. The third-order valence-electron chi connectivity index (χ3n) is 4.28. The van der Waals surface area contributed by atoms with Gasteiger partial charge in [-0.05, 0) is 36.7 Å². The molecule has 0 aliphatic carbocycles. The molecule has 0 amide bonds. The molecule has 0 spiro atoms. The van der Waals surface area contributed by atoms with E-state index >= 15 is 0 Å². The average molecular weight is 419 g/mol. The van der Waals surface area contributed by atoms with Gasteiger partial charge in [-0.2, -0.15) is 0 Å². The molecule has 7 heteroatoms. The lowest BCUT2D eigenvalue weighted by molar-refractivity contribution is 0.349. The quantitative estimate of drug-likeness (QED) is 0.505. The largest absolute Gasteiger partial charge is 0.496 e. The summed E-state index contributed by atoms with van der Waals surface area (Å²) in [6.45, 7) is 1.57. The lowest BCUT2D eigenvalue weighted by Crippen LogP contribution is -2.16. The van der Waals surface area contributed by atoms with Crippen LogP contribution >= 0.6 is 22.9 Å². The minimum Gasteiger partial charge on any atom is -0.496 e. The van der Waals surface area contributed by atoms with Gasteiger partial charge in [0.15, 0.2) is 11.5 Å². The number of hydrogen-bond acceptors (Lipinski definition) is 6. The molecule has 3 rings (SSSR count). The van der Waals surface area contributed by atoms with Crippen molar-refractivity contribution in [2.24, 2.45) is 0 Å². The molecule has 28 heavy (non-hydrogen) atoms. The van der Waals surface area contributed by atoms with Crippen molar-refractivity contribution in [2.75, 3.05) is 27.9 Å². The van der Waals surface area contributed by atoms with Crippen molar-refractivity contribution in [3.8, 4) is 27.7 Å². The zero-order valence-corrected chi connectivity index (χ0v) is 17.7. The number of thiazole rings is 1. The van der Waals surface area contributed by atoms with E-state index in [-0.39, 0.29) is 0 Å². The summed E-state index contributed by atoms with van der Waals surface area (Å²) in [5, 5.41) is 5.21. The molecule has 1 aromatic heterocycles. The van der Waals surface area contributed by atoms with Crippen LogP contribution in [0.3, 0.4) is 0 Å². The Labute approximate surface area is 174 Å². The summed E-state index contributed by atoms with van der Waals surface area (Å²) in [6.07, 6.45) is 2.78. The van der Waals surface area contributed by atoms with Gasteiger partial charge < -0.3 is 19.5 Å². The van der Waals surface area contributed by atoms with E-state index in [1.807, 2.05) is 36.5 Å². The highest BCUT2D eigenvalue weighted by atomic mass is 35.5. The minimum atomic E-state index is 0.635. The van der Waals surface area contributed by atoms with E-state index in [1.54, 1.807) is 32.7 Å². The molecule has 0 saturated carbocycles. The molecule has 1 heterocycles. The highest BCUT2D eigenvalue weighted by Crippen LogP contribution is 2.41. The summed E-state index contributed by atoms with van der Waals surface area (Å²) in [5.74, 6) is 2.02. The van der Waals surface area contributed by atoms with E-state index in [0.717, 1.165) is 39.2 Å². The summed E-state index contributed by atoms with van der Waals surface area (Å²) in [4.78, 5) is 5.55.